The Bertz CT molecular complexity index is 509. The van der Waals surface area contributed by atoms with Crippen molar-refractivity contribution in [2.75, 3.05) is 5.32 Å². The van der Waals surface area contributed by atoms with Crippen LogP contribution in [0.25, 0.3) is 0 Å². The van der Waals surface area contributed by atoms with Gasteiger partial charge in [-0.3, -0.25) is 4.79 Å². The molecule has 0 spiro atoms. The predicted octanol–water partition coefficient (Wildman–Crippen LogP) is 2.89. The molecule has 5 heteroatoms. The van der Waals surface area contributed by atoms with Crippen LogP contribution in [-0.4, -0.2) is 10.9 Å². The van der Waals surface area contributed by atoms with Crippen molar-refractivity contribution in [3.8, 4) is 0 Å². The lowest BCUT2D eigenvalue weighted by Gasteiger charge is -2.07. The summed E-state index contributed by atoms with van der Waals surface area (Å²) in [6.07, 6.45) is 2.49. The SMILES string of the molecule is Cc1c(Cl)cccc1NC(=O)c1cocn1. The van der Waals surface area contributed by atoms with E-state index in [0.29, 0.717) is 10.7 Å². The number of anilines is 1. The van der Waals surface area contributed by atoms with Gasteiger partial charge < -0.3 is 9.73 Å². The maximum absolute atomic E-state index is 11.7. The third kappa shape index (κ3) is 2.06. The van der Waals surface area contributed by atoms with E-state index in [1.165, 1.54) is 12.7 Å². The predicted molar refractivity (Wildman–Crippen MR) is 60.6 cm³/mol. The van der Waals surface area contributed by atoms with E-state index < -0.39 is 0 Å². The van der Waals surface area contributed by atoms with Gasteiger partial charge >= 0.3 is 0 Å². The van der Waals surface area contributed by atoms with Gasteiger partial charge in [-0.25, -0.2) is 4.98 Å². The minimum absolute atomic E-state index is 0.236. The number of halogens is 1. The van der Waals surface area contributed by atoms with E-state index >= 15 is 0 Å². The molecule has 0 aliphatic rings. The molecular formula is C11H9ClN2O2. The van der Waals surface area contributed by atoms with Crippen LogP contribution >= 0.6 is 11.6 Å². The van der Waals surface area contributed by atoms with Crippen LogP contribution in [0.2, 0.25) is 5.02 Å². The molecule has 1 aromatic heterocycles. The molecule has 2 aromatic rings. The summed E-state index contributed by atoms with van der Waals surface area (Å²) in [6.45, 7) is 1.83. The lowest BCUT2D eigenvalue weighted by atomic mass is 10.2. The number of carbonyl (C=O) groups excluding carboxylic acids is 1. The second kappa shape index (κ2) is 4.37. The fraction of sp³-hybridized carbons (Fsp3) is 0.0909. The van der Waals surface area contributed by atoms with Gasteiger partial charge in [-0.2, -0.15) is 0 Å². The van der Waals surface area contributed by atoms with E-state index in [1.807, 2.05) is 6.92 Å². The molecule has 4 nitrogen and oxygen atoms in total. The van der Waals surface area contributed by atoms with Crippen molar-refractivity contribution in [3.05, 3.63) is 47.1 Å². The number of nitrogens with one attached hydrogen (secondary N) is 1. The first-order chi connectivity index (χ1) is 7.68. The van der Waals surface area contributed by atoms with Gasteiger partial charge in [0.2, 0.25) is 0 Å². The smallest absolute Gasteiger partial charge is 0.277 e. The Morgan fingerprint density at radius 3 is 3.00 bits per heavy atom. The van der Waals surface area contributed by atoms with Crippen LogP contribution in [-0.2, 0) is 0 Å². The maximum atomic E-state index is 11.7. The van der Waals surface area contributed by atoms with E-state index in [9.17, 15) is 4.79 Å². The van der Waals surface area contributed by atoms with Crippen molar-refractivity contribution < 1.29 is 9.21 Å². The van der Waals surface area contributed by atoms with Crippen molar-refractivity contribution in [1.29, 1.82) is 0 Å². The topological polar surface area (TPSA) is 55.1 Å². The van der Waals surface area contributed by atoms with Crippen LogP contribution in [0.1, 0.15) is 16.1 Å². The van der Waals surface area contributed by atoms with Crippen molar-refractivity contribution in [2.45, 2.75) is 6.92 Å². The van der Waals surface area contributed by atoms with Crippen LogP contribution in [0.4, 0.5) is 5.69 Å². The highest BCUT2D eigenvalue weighted by Gasteiger charge is 2.10. The van der Waals surface area contributed by atoms with Gasteiger partial charge in [0.1, 0.15) is 6.26 Å². The summed E-state index contributed by atoms with van der Waals surface area (Å²) in [7, 11) is 0. The molecule has 1 aromatic carbocycles. The van der Waals surface area contributed by atoms with Crippen LogP contribution in [0.3, 0.4) is 0 Å². The summed E-state index contributed by atoms with van der Waals surface area (Å²) in [4.78, 5) is 15.4. The van der Waals surface area contributed by atoms with Crippen LogP contribution in [0.15, 0.2) is 35.3 Å². The lowest BCUT2D eigenvalue weighted by Crippen LogP contribution is -2.13. The van der Waals surface area contributed by atoms with E-state index in [1.54, 1.807) is 18.2 Å². The number of carbonyl (C=O) groups is 1. The highest BCUT2D eigenvalue weighted by molar-refractivity contribution is 6.31. The van der Waals surface area contributed by atoms with Crippen molar-refractivity contribution >= 4 is 23.2 Å². The third-order valence-corrected chi connectivity index (χ3v) is 2.59. The van der Waals surface area contributed by atoms with Crippen molar-refractivity contribution in [2.24, 2.45) is 0 Å². The average molecular weight is 237 g/mol. The van der Waals surface area contributed by atoms with E-state index in [0.717, 1.165) is 5.56 Å². The Kier molecular flexibility index (Phi) is 2.92. The van der Waals surface area contributed by atoms with Crippen LogP contribution in [0, 0.1) is 6.92 Å². The highest BCUT2D eigenvalue weighted by Crippen LogP contribution is 2.23. The second-order valence-corrected chi connectivity index (χ2v) is 3.65. The molecular weight excluding hydrogens is 228 g/mol. The summed E-state index contributed by atoms with van der Waals surface area (Å²) in [5.41, 5.74) is 1.72. The molecule has 0 atom stereocenters. The van der Waals surface area contributed by atoms with Crippen LogP contribution in [0.5, 0.6) is 0 Å². The van der Waals surface area contributed by atoms with Gasteiger partial charge in [-0.05, 0) is 24.6 Å². The molecule has 1 heterocycles. The number of oxazole rings is 1. The zero-order valence-electron chi connectivity index (χ0n) is 8.53. The molecule has 1 amide bonds. The number of amides is 1. The second-order valence-electron chi connectivity index (χ2n) is 3.24. The van der Waals surface area contributed by atoms with Gasteiger partial charge in [0.25, 0.3) is 5.91 Å². The normalized spacial score (nSPS) is 10.1. The molecule has 2 rings (SSSR count). The minimum Gasteiger partial charge on any atom is -0.451 e. The monoisotopic (exact) mass is 236 g/mol. The molecule has 1 N–H and O–H groups in total. The zero-order chi connectivity index (χ0) is 11.5. The molecule has 0 saturated carbocycles. The average Bonchev–Trinajstić information content (AvgIpc) is 2.78. The molecule has 16 heavy (non-hydrogen) atoms. The fourth-order valence-electron chi connectivity index (χ4n) is 1.25. The van der Waals surface area contributed by atoms with E-state index in [-0.39, 0.29) is 11.6 Å². The van der Waals surface area contributed by atoms with Crippen molar-refractivity contribution in [3.63, 3.8) is 0 Å². The van der Waals surface area contributed by atoms with E-state index in [2.05, 4.69) is 10.3 Å². The van der Waals surface area contributed by atoms with Gasteiger partial charge in [0.05, 0.1) is 0 Å². The highest BCUT2D eigenvalue weighted by atomic mass is 35.5. The first-order valence-electron chi connectivity index (χ1n) is 4.63. The Morgan fingerprint density at radius 1 is 1.50 bits per heavy atom. The number of nitrogens with zero attached hydrogens (tertiary/aromatic N) is 1. The Hall–Kier alpha value is -1.81. The summed E-state index contributed by atoms with van der Waals surface area (Å²) in [5.74, 6) is -0.320. The molecule has 0 bridgehead atoms. The van der Waals surface area contributed by atoms with Gasteiger partial charge in [0, 0.05) is 10.7 Å². The Balaban J connectivity index is 2.22. The summed E-state index contributed by atoms with van der Waals surface area (Å²) < 4.78 is 4.73. The number of benzene rings is 1. The molecule has 0 saturated heterocycles. The van der Waals surface area contributed by atoms with Gasteiger partial charge in [-0.1, -0.05) is 17.7 Å². The van der Waals surface area contributed by atoms with Gasteiger partial charge in [-0.15, -0.1) is 0 Å². The Morgan fingerprint density at radius 2 is 2.31 bits per heavy atom. The quantitative estimate of drug-likeness (QED) is 0.872. The maximum Gasteiger partial charge on any atom is 0.277 e. The van der Waals surface area contributed by atoms with Gasteiger partial charge in [0.15, 0.2) is 12.1 Å². The lowest BCUT2D eigenvalue weighted by molar-refractivity contribution is 0.102. The standard InChI is InChI=1S/C11H9ClN2O2/c1-7-8(12)3-2-4-9(7)14-11(15)10-5-16-6-13-10/h2-6H,1H3,(H,14,15). The zero-order valence-corrected chi connectivity index (χ0v) is 9.28. The number of rotatable bonds is 2. The molecule has 0 unspecified atom stereocenters. The minimum atomic E-state index is -0.320. The first kappa shape index (κ1) is 10.7. The molecule has 0 radical (unpaired) electrons. The Labute approximate surface area is 97.2 Å². The first-order valence-corrected chi connectivity index (χ1v) is 5.01. The largest absolute Gasteiger partial charge is 0.451 e. The summed E-state index contributed by atoms with van der Waals surface area (Å²) in [5, 5.41) is 3.32. The summed E-state index contributed by atoms with van der Waals surface area (Å²) in [6, 6.07) is 5.32. The fourth-order valence-corrected chi connectivity index (χ4v) is 1.43. The van der Waals surface area contributed by atoms with Crippen molar-refractivity contribution in [1.82, 2.24) is 4.98 Å². The van der Waals surface area contributed by atoms with E-state index in [4.69, 9.17) is 16.0 Å². The number of hydrogen-bond donors (Lipinski definition) is 1. The third-order valence-electron chi connectivity index (χ3n) is 2.18. The molecule has 0 aliphatic heterocycles. The van der Waals surface area contributed by atoms with Crippen LogP contribution < -0.4 is 5.32 Å². The summed E-state index contributed by atoms with van der Waals surface area (Å²) >= 11 is 5.94. The molecule has 82 valence electrons. The number of aromatic nitrogens is 1. The number of hydrogen-bond acceptors (Lipinski definition) is 3. The molecule has 0 aliphatic carbocycles. The molecule has 0 fully saturated rings.